The molecule has 152 valence electrons. The number of benzene rings is 1. The standard InChI is InChI=1S/C21H33NO5/c1-14(2)19-16(7-6-12-27-19)13-22-18(23)11-9-15-8-10-17(24-3)21(26-5)20(15)25-4/h8,10,14,16,19H,6-7,9,11-13H2,1-5H3,(H,22,23)/t16-,19-/m1/s1. The SMILES string of the molecule is COc1ccc(CCC(=O)NC[C@H]2CCCO[C@@H]2C(C)C)c(OC)c1OC. The van der Waals surface area contributed by atoms with Gasteiger partial charge in [-0.05, 0) is 36.8 Å². The van der Waals surface area contributed by atoms with E-state index in [1.165, 1.54) is 0 Å². The lowest BCUT2D eigenvalue weighted by atomic mass is 9.87. The van der Waals surface area contributed by atoms with Gasteiger partial charge in [-0.15, -0.1) is 0 Å². The van der Waals surface area contributed by atoms with Crippen molar-refractivity contribution in [2.24, 2.45) is 11.8 Å². The van der Waals surface area contributed by atoms with Crippen molar-refractivity contribution >= 4 is 5.91 Å². The van der Waals surface area contributed by atoms with Gasteiger partial charge >= 0.3 is 0 Å². The Labute approximate surface area is 162 Å². The third-order valence-corrected chi connectivity index (χ3v) is 5.12. The van der Waals surface area contributed by atoms with E-state index in [4.69, 9.17) is 18.9 Å². The average molecular weight is 379 g/mol. The number of nitrogens with one attached hydrogen (secondary N) is 1. The lowest BCUT2D eigenvalue weighted by Crippen LogP contribution is -2.41. The fourth-order valence-corrected chi connectivity index (χ4v) is 3.76. The molecule has 6 nitrogen and oxygen atoms in total. The molecule has 0 radical (unpaired) electrons. The number of rotatable bonds is 9. The van der Waals surface area contributed by atoms with E-state index < -0.39 is 0 Å². The zero-order chi connectivity index (χ0) is 19.8. The molecule has 2 rings (SSSR count). The summed E-state index contributed by atoms with van der Waals surface area (Å²) in [6.45, 7) is 5.85. The first-order valence-electron chi connectivity index (χ1n) is 9.67. The van der Waals surface area contributed by atoms with Crippen LogP contribution in [0.15, 0.2) is 12.1 Å². The first-order valence-corrected chi connectivity index (χ1v) is 9.67. The number of carbonyl (C=O) groups excluding carboxylic acids is 1. The van der Waals surface area contributed by atoms with Crippen LogP contribution in [0.4, 0.5) is 0 Å². The van der Waals surface area contributed by atoms with Crippen molar-refractivity contribution in [2.45, 2.75) is 45.6 Å². The Kier molecular flexibility index (Phi) is 8.23. The molecule has 1 saturated heterocycles. The Morgan fingerprint density at radius 3 is 2.56 bits per heavy atom. The highest BCUT2D eigenvalue weighted by Crippen LogP contribution is 2.40. The van der Waals surface area contributed by atoms with Crippen LogP contribution in [0, 0.1) is 11.8 Å². The minimum Gasteiger partial charge on any atom is -0.493 e. The topological polar surface area (TPSA) is 66.0 Å². The number of methoxy groups -OCH3 is 3. The molecule has 0 aromatic heterocycles. The van der Waals surface area contributed by atoms with Crippen molar-refractivity contribution in [3.63, 3.8) is 0 Å². The van der Waals surface area contributed by atoms with Crippen molar-refractivity contribution < 1.29 is 23.7 Å². The van der Waals surface area contributed by atoms with E-state index in [0.29, 0.717) is 48.5 Å². The van der Waals surface area contributed by atoms with Gasteiger partial charge in [-0.25, -0.2) is 0 Å². The maximum absolute atomic E-state index is 12.4. The summed E-state index contributed by atoms with van der Waals surface area (Å²) in [4.78, 5) is 12.4. The van der Waals surface area contributed by atoms with Gasteiger partial charge in [-0.1, -0.05) is 19.9 Å². The number of carbonyl (C=O) groups is 1. The van der Waals surface area contributed by atoms with Gasteiger partial charge in [0.15, 0.2) is 11.5 Å². The molecule has 1 heterocycles. The lowest BCUT2D eigenvalue weighted by Gasteiger charge is -2.34. The Balaban J connectivity index is 1.92. The summed E-state index contributed by atoms with van der Waals surface area (Å²) < 4.78 is 22.1. The molecule has 1 aromatic carbocycles. The number of hydrogen-bond acceptors (Lipinski definition) is 5. The summed E-state index contributed by atoms with van der Waals surface area (Å²) in [5.41, 5.74) is 0.923. The van der Waals surface area contributed by atoms with E-state index in [1.54, 1.807) is 21.3 Å². The molecule has 0 saturated carbocycles. The summed E-state index contributed by atoms with van der Waals surface area (Å²) in [5.74, 6) is 2.67. The van der Waals surface area contributed by atoms with Gasteiger partial charge in [0, 0.05) is 25.5 Å². The molecule has 2 atom stereocenters. The molecule has 27 heavy (non-hydrogen) atoms. The van der Waals surface area contributed by atoms with E-state index in [-0.39, 0.29) is 12.0 Å². The van der Waals surface area contributed by atoms with Gasteiger partial charge in [0.05, 0.1) is 27.4 Å². The molecule has 0 spiro atoms. The first-order chi connectivity index (χ1) is 13.0. The van der Waals surface area contributed by atoms with Gasteiger partial charge in [0.25, 0.3) is 0 Å². The summed E-state index contributed by atoms with van der Waals surface area (Å²) in [6, 6.07) is 3.75. The van der Waals surface area contributed by atoms with Gasteiger partial charge in [0.1, 0.15) is 0 Å². The van der Waals surface area contributed by atoms with Crippen LogP contribution >= 0.6 is 0 Å². The van der Waals surface area contributed by atoms with Crippen LogP contribution in [-0.4, -0.2) is 46.5 Å². The van der Waals surface area contributed by atoms with Crippen LogP contribution in [0.1, 0.15) is 38.7 Å². The molecule has 0 aliphatic carbocycles. The highest BCUT2D eigenvalue weighted by Gasteiger charge is 2.28. The normalized spacial score (nSPS) is 19.6. The Morgan fingerprint density at radius 1 is 1.19 bits per heavy atom. The monoisotopic (exact) mass is 379 g/mol. The molecular formula is C21H33NO5. The predicted molar refractivity (Wildman–Crippen MR) is 105 cm³/mol. The molecule has 1 aliphatic rings. The summed E-state index contributed by atoms with van der Waals surface area (Å²) >= 11 is 0. The molecule has 6 heteroatoms. The fraction of sp³-hybridized carbons (Fsp3) is 0.667. The van der Waals surface area contributed by atoms with Crippen LogP contribution in [0.2, 0.25) is 0 Å². The number of aryl methyl sites for hydroxylation is 1. The second-order valence-corrected chi connectivity index (χ2v) is 7.28. The van der Waals surface area contributed by atoms with E-state index in [1.807, 2.05) is 12.1 Å². The van der Waals surface area contributed by atoms with E-state index in [9.17, 15) is 4.79 Å². The van der Waals surface area contributed by atoms with E-state index in [0.717, 1.165) is 25.0 Å². The molecular weight excluding hydrogens is 346 g/mol. The van der Waals surface area contributed by atoms with Crippen molar-refractivity contribution in [1.82, 2.24) is 5.32 Å². The predicted octanol–water partition coefficient (Wildman–Crippen LogP) is 3.21. The minimum absolute atomic E-state index is 0.0416. The van der Waals surface area contributed by atoms with Crippen LogP contribution in [0.5, 0.6) is 17.2 Å². The van der Waals surface area contributed by atoms with Crippen LogP contribution < -0.4 is 19.5 Å². The van der Waals surface area contributed by atoms with Gasteiger partial charge in [-0.3, -0.25) is 4.79 Å². The smallest absolute Gasteiger partial charge is 0.220 e. The van der Waals surface area contributed by atoms with Crippen LogP contribution in [-0.2, 0) is 16.0 Å². The molecule has 1 N–H and O–H groups in total. The molecule has 0 unspecified atom stereocenters. The van der Waals surface area contributed by atoms with E-state index in [2.05, 4.69) is 19.2 Å². The fourth-order valence-electron chi connectivity index (χ4n) is 3.76. The minimum atomic E-state index is 0.0416. The highest BCUT2D eigenvalue weighted by molar-refractivity contribution is 5.76. The Hall–Kier alpha value is -1.95. The van der Waals surface area contributed by atoms with Crippen molar-refractivity contribution in [3.05, 3.63) is 17.7 Å². The second-order valence-electron chi connectivity index (χ2n) is 7.28. The largest absolute Gasteiger partial charge is 0.493 e. The average Bonchev–Trinajstić information content (AvgIpc) is 2.69. The zero-order valence-electron chi connectivity index (χ0n) is 17.2. The number of hydrogen-bond donors (Lipinski definition) is 1. The number of ether oxygens (including phenoxy) is 4. The van der Waals surface area contributed by atoms with Crippen LogP contribution in [0.3, 0.4) is 0 Å². The molecule has 1 amide bonds. The molecule has 0 bridgehead atoms. The second kappa shape index (κ2) is 10.4. The maximum Gasteiger partial charge on any atom is 0.220 e. The van der Waals surface area contributed by atoms with Crippen molar-refractivity contribution in [2.75, 3.05) is 34.5 Å². The van der Waals surface area contributed by atoms with Gasteiger partial charge in [-0.2, -0.15) is 0 Å². The Bertz CT molecular complexity index is 617. The quantitative estimate of drug-likeness (QED) is 0.714. The third kappa shape index (κ3) is 5.51. The van der Waals surface area contributed by atoms with Crippen molar-refractivity contribution in [1.29, 1.82) is 0 Å². The first kappa shape index (κ1) is 21.4. The maximum atomic E-state index is 12.4. The van der Waals surface area contributed by atoms with E-state index >= 15 is 0 Å². The molecule has 1 aliphatic heterocycles. The van der Waals surface area contributed by atoms with Crippen molar-refractivity contribution in [3.8, 4) is 17.2 Å². The summed E-state index contributed by atoms with van der Waals surface area (Å²) in [5, 5.41) is 3.08. The molecule has 1 fully saturated rings. The summed E-state index contributed by atoms with van der Waals surface area (Å²) in [6.07, 6.45) is 3.36. The zero-order valence-corrected chi connectivity index (χ0v) is 17.2. The van der Waals surface area contributed by atoms with Gasteiger partial charge in [0.2, 0.25) is 11.7 Å². The summed E-state index contributed by atoms with van der Waals surface area (Å²) in [7, 11) is 4.76. The third-order valence-electron chi connectivity index (χ3n) is 5.12. The Morgan fingerprint density at radius 2 is 1.93 bits per heavy atom. The molecule has 1 aromatic rings. The van der Waals surface area contributed by atoms with Crippen LogP contribution in [0.25, 0.3) is 0 Å². The number of amides is 1. The highest BCUT2D eigenvalue weighted by atomic mass is 16.5. The van der Waals surface area contributed by atoms with Gasteiger partial charge < -0.3 is 24.3 Å². The lowest BCUT2D eigenvalue weighted by molar-refractivity contribution is -0.122.